The van der Waals surface area contributed by atoms with Gasteiger partial charge in [-0.1, -0.05) is 6.07 Å². The molecule has 4 aliphatic carbocycles. The van der Waals surface area contributed by atoms with Crippen LogP contribution in [0.15, 0.2) is 34.8 Å². The second kappa shape index (κ2) is 23.4. The van der Waals surface area contributed by atoms with Gasteiger partial charge in [0.05, 0.1) is 56.1 Å². The summed E-state index contributed by atoms with van der Waals surface area (Å²) in [5, 5.41) is 18.0. The minimum atomic E-state index is -0.689. The Bertz CT molecular complexity index is 2100. The molecule has 0 unspecified atom stereocenters. The van der Waals surface area contributed by atoms with Crippen molar-refractivity contribution in [2.45, 2.75) is 166 Å². The maximum absolute atomic E-state index is 13.8. The zero-order valence-electron chi connectivity index (χ0n) is 41.6. The summed E-state index contributed by atoms with van der Waals surface area (Å²) in [7, 11) is 0. The van der Waals surface area contributed by atoms with E-state index in [1.807, 2.05) is 57.4 Å². The van der Waals surface area contributed by atoms with E-state index in [4.69, 9.17) is 38.6 Å². The molecule has 2 aromatic rings. The van der Waals surface area contributed by atoms with Gasteiger partial charge in [-0.15, -0.1) is 0 Å². The number of amides is 4. The molecule has 4 atom stereocenters. The Kier molecular flexibility index (Phi) is 17.8. The van der Waals surface area contributed by atoms with Gasteiger partial charge in [0.15, 0.2) is 12.2 Å². The standard InChI is InChI=1S/C26H37BrN2O6.C26H38N2O6/c1-26(2,3)35-25(32)28-10-13-34-23(16-28)24(31)29(18-7-8-18)21-9-6-17-14-20(27)22(15-19(17)21)33-12-5-4-11-30;1-26(2,3)34-25(31)27-12-15-33-23(17-27)24(30)28(19-8-9-19)22-11-7-18-6-10-20(16-21(18)22)32-14-5-4-13-29/h14-15,18,21,23,30H,4-13,16H2,1-3H3;6,10,16,19,22-23,29H,4-5,7-9,11-15,17H2,1-3H3/t21-,23-;22-,23-/m11/s1. The third kappa shape index (κ3) is 14.3. The maximum Gasteiger partial charge on any atom is 0.410 e. The maximum atomic E-state index is 13.8. The average Bonchev–Trinajstić information content (AvgIpc) is 4.25. The van der Waals surface area contributed by atoms with Gasteiger partial charge in [0.1, 0.15) is 22.7 Å². The smallest absolute Gasteiger partial charge is 0.410 e. The van der Waals surface area contributed by atoms with Crippen LogP contribution in [0.1, 0.15) is 140 Å². The zero-order chi connectivity index (χ0) is 49.5. The van der Waals surface area contributed by atoms with Crippen LogP contribution in [-0.2, 0) is 41.4 Å². The lowest BCUT2D eigenvalue weighted by Gasteiger charge is -2.38. The van der Waals surface area contributed by atoms with Gasteiger partial charge in [-0.3, -0.25) is 9.59 Å². The molecule has 2 heterocycles. The number of carbonyl (C=O) groups excluding carboxylic acids is 4. The number of morpholine rings is 2. The van der Waals surface area contributed by atoms with Gasteiger partial charge in [-0.25, -0.2) is 9.59 Å². The number of aliphatic hydroxyl groups is 2. The molecule has 2 saturated carbocycles. The number of aliphatic hydroxyl groups excluding tert-OH is 2. The van der Waals surface area contributed by atoms with E-state index in [0.717, 1.165) is 97.7 Å². The van der Waals surface area contributed by atoms with Crippen LogP contribution in [0.5, 0.6) is 11.5 Å². The molecule has 8 rings (SSSR count). The third-order valence-electron chi connectivity index (χ3n) is 13.1. The minimum Gasteiger partial charge on any atom is -0.494 e. The van der Waals surface area contributed by atoms with Crippen molar-refractivity contribution in [3.05, 3.63) is 57.1 Å². The molecule has 17 heteroatoms. The van der Waals surface area contributed by atoms with Gasteiger partial charge in [-0.2, -0.15) is 0 Å². The molecule has 16 nitrogen and oxygen atoms in total. The number of fused-ring (bicyclic) bond motifs is 2. The lowest BCUT2D eigenvalue weighted by molar-refractivity contribution is -0.153. The summed E-state index contributed by atoms with van der Waals surface area (Å²) < 4.78 is 35.6. The summed E-state index contributed by atoms with van der Waals surface area (Å²) in [6.45, 7) is 14.3. The van der Waals surface area contributed by atoms with Crippen molar-refractivity contribution in [3.8, 4) is 11.5 Å². The predicted octanol–water partition coefficient (Wildman–Crippen LogP) is 7.67. The summed E-state index contributed by atoms with van der Waals surface area (Å²) in [5.74, 6) is 1.48. The van der Waals surface area contributed by atoms with E-state index < -0.39 is 35.6 Å². The zero-order valence-corrected chi connectivity index (χ0v) is 43.1. The molecule has 2 N–H and O–H groups in total. The van der Waals surface area contributed by atoms with Crippen LogP contribution in [0.25, 0.3) is 0 Å². The summed E-state index contributed by atoms with van der Waals surface area (Å²) >= 11 is 3.63. The number of hydrogen-bond donors (Lipinski definition) is 2. The molecule has 2 aromatic carbocycles. The van der Waals surface area contributed by atoms with E-state index in [1.54, 1.807) is 9.80 Å². The first-order chi connectivity index (χ1) is 32.9. The Morgan fingerprint density at radius 2 is 1.13 bits per heavy atom. The van der Waals surface area contributed by atoms with Gasteiger partial charge >= 0.3 is 12.2 Å². The van der Waals surface area contributed by atoms with E-state index in [9.17, 15) is 19.2 Å². The number of nitrogens with zero attached hydrogens (tertiary/aromatic N) is 4. The Labute approximate surface area is 416 Å². The molecule has 382 valence electrons. The van der Waals surface area contributed by atoms with Crippen LogP contribution in [0.3, 0.4) is 0 Å². The molecule has 0 spiro atoms. The molecule has 2 aliphatic heterocycles. The highest BCUT2D eigenvalue weighted by Gasteiger charge is 2.46. The second-order valence-corrected chi connectivity index (χ2v) is 21.9. The normalized spacial score (nSPS) is 22.2. The van der Waals surface area contributed by atoms with Gasteiger partial charge in [0.25, 0.3) is 11.8 Å². The first-order valence-corrected chi connectivity index (χ1v) is 26.0. The van der Waals surface area contributed by atoms with Gasteiger partial charge < -0.3 is 58.2 Å². The fourth-order valence-corrected chi connectivity index (χ4v) is 10.0. The SMILES string of the molecule is CC(C)(C)OC(=O)N1CCO[C@@H](C(=O)N(C2CC2)[C@@H]2CCc3cc(Br)c(OCCCCO)cc32)C1.CC(C)(C)OC(=O)N1CCO[C@@H](C(=O)N(C2CC2)[C@@H]2CCc3ccc(OCCCCO)cc32)C1. The van der Waals surface area contributed by atoms with Crippen molar-refractivity contribution in [2.75, 3.05) is 65.8 Å². The molecular formula is C52H75BrN4O12. The Morgan fingerprint density at radius 1 is 0.652 bits per heavy atom. The van der Waals surface area contributed by atoms with Crippen LogP contribution in [0, 0.1) is 0 Å². The number of unbranched alkanes of at least 4 members (excludes halogenated alkanes) is 2. The van der Waals surface area contributed by atoms with E-state index in [1.165, 1.54) is 11.1 Å². The largest absolute Gasteiger partial charge is 0.494 e. The third-order valence-corrected chi connectivity index (χ3v) is 13.7. The molecule has 0 radical (unpaired) electrons. The van der Waals surface area contributed by atoms with E-state index in [0.29, 0.717) is 45.9 Å². The number of ether oxygens (including phenoxy) is 6. The van der Waals surface area contributed by atoms with Gasteiger partial charge in [0.2, 0.25) is 0 Å². The molecule has 2 saturated heterocycles. The fourth-order valence-electron chi connectivity index (χ4n) is 9.52. The molecular weight excluding hydrogens is 952 g/mol. The highest BCUT2D eigenvalue weighted by Crippen LogP contribution is 2.46. The van der Waals surface area contributed by atoms with E-state index in [-0.39, 0.29) is 62.3 Å². The summed E-state index contributed by atoms with van der Waals surface area (Å²) in [5.41, 5.74) is 3.59. The molecule has 4 fully saturated rings. The predicted molar refractivity (Wildman–Crippen MR) is 261 cm³/mol. The van der Waals surface area contributed by atoms with E-state index in [2.05, 4.69) is 40.2 Å². The second-order valence-electron chi connectivity index (χ2n) is 21.0. The molecule has 6 aliphatic rings. The van der Waals surface area contributed by atoms with Crippen molar-refractivity contribution in [3.63, 3.8) is 0 Å². The summed E-state index contributed by atoms with van der Waals surface area (Å²) in [6, 6.07) is 10.7. The van der Waals surface area contributed by atoms with Crippen molar-refractivity contribution < 1.29 is 57.8 Å². The van der Waals surface area contributed by atoms with Crippen molar-refractivity contribution in [1.82, 2.24) is 19.6 Å². The number of aryl methyl sites for hydroxylation is 2. The first-order valence-electron chi connectivity index (χ1n) is 25.2. The quantitative estimate of drug-likeness (QED) is 0.157. The van der Waals surface area contributed by atoms with Gasteiger partial charge in [-0.05, 0) is 181 Å². The number of benzene rings is 2. The van der Waals surface area contributed by atoms with E-state index >= 15 is 0 Å². The Balaban J connectivity index is 0.000000204. The number of hydrogen-bond acceptors (Lipinski definition) is 12. The van der Waals surface area contributed by atoms with Crippen LogP contribution >= 0.6 is 15.9 Å². The number of carbonyl (C=O) groups is 4. The summed E-state index contributed by atoms with van der Waals surface area (Å²) in [6.07, 6.45) is 8.37. The minimum absolute atomic E-state index is 0.00325. The number of halogens is 1. The van der Waals surface area contributed by atoms with Crippen LogP contribution in [0.4, 0.5) is 9.59 Å². The van der Waals surface area contributed by atoms with Crippen LogP contribution in [0.2, 0.25) is 0 Å². The van der Waals surface area contributed by atoms with Crippen LogP contribution in [-0.4, -0.2) is 155 Å². The first kappa shape index (κ1) is 52.7. The molecule has 69 heavy (non-hydrogen) atoms. The lowest BCUT2D eigenvalue weighted by atomic mass is 10.0. The summed E-state index contributed by atoms with van der Waals surface area (Å²) in [4.78, 5) is 59.9. The van der Waals surface area contributed by atoms with Crippen molar-refractivity contribution in [1.29, 1.82) is 0 Å². The molecule has 0 aromatic heterocycles. The topological polar surface area (TPSA) is 177 Å². The van der Waals surface area contributed by atoms with Crippen molar-refractivity contribution in [2.24, 2.45) is 0 Å². The highest BCUT2D eigenvalue weighted by molar-refractivity contribution is 9.10. The Morgan fingerprint density at radius 3 is 1.61 bits per heavy atom. The Hall–Kier alpha value is -4.16. The average molecular weight is 1030 g/mol. The number of rotatable bonds is 16. The molecule has 4 amide bonds. The highest BCUT2D eigenvalue weighted by atomic mass is 79.9. The monoisotopic (exact) mass is 1030 g/mol. The van der Waals surface area contributed by atoms with Crippen LogP contribution < -0.4 is 9.47 Å². The van der Waals surface area contributed by atoms with Crippen molar-refractivity contribution >= 4 is 39.9 Å². The van der Waals surface area contributed by atoms with Gasteiger partial charge in [0, 0.05) is 38.4 Å². The lowest BCUT2D eigenvalue weighted by Crippen LogP contribution is -2.54. The fraction of sp³-hybridized carbons (Fsp3) is 0.692. The molecule has 0 bridgehead atoms.